The number of benzene rings is 1. The van der Waals surface area contributed by atoms with Crippen LogP contribution in [-0.2, 0) is 20.4 Å². The summed E-state index contributed by atoms with van der Waals surface area (Å²) in [6, 6.07) is 4.83. The molecule has 1 aromatic rings. The highest BCUT2D eigenvalue weighted by Gasteiger charge is 2.37. The van der Waals surface area contributed by atoms with Gasteiger partial charge in [0.15, 0.2) is 0 Å². The molecule has 0 amide bonds. The summed E-state index contributed by atoms with van der Waals surface area (Å²) >= 11 is 0. The molecular formula is C27H38O2. The van der Waals surface area contributed by atoms with E-state index in [1.54, 1.807) is 6.08 Å². The zero-order valence-corrected chi connectivity index (χ0v) is 19.8. The Labute approximate surface area is 177 Å². The molecule has 0 saturated heterocycles. The van der Waals surface area contributed by atoms with Gasteiger partial charge in [0.1, 0.15) is 0 Å². The van der Waals surface area contributed by atoms with Crippen LogP contribution in [0.25, 0.3) is 5.57 Å². The smallest absolute Gasteiger partial charge is 0.330 e. The Kier molecular flexibility index (Phi) is 6.98. The van der Waals surface area contributed by atoms with E-state index in [4.69, 9.17) is 4.74 Å². The molecule has 0 atom stereocenters. The zero-order chi connectivity index (χ0) is 22.0. The fourth-order valence-electron chi connectivity index (χ4n) is 4.17. The highest BCUT2D eigenvalue weighted by Crippen LogP contribution is 2.47. The molecule has 0 spiro atoms. The first-order chi connectivity index (χ1) is 13.4. The Morgan fingerprint density at radius 1 is 1.00 bits per heavy atom. The molecule has 0 fully saturated rings. The predicted octanol–water partition coefficient (Wildman–Crippen LogP) is 7.20. The first kappa shape index (κ1) is 23.2. The normalized spacial score (nSPS) is 17.8. The lowest BCUT2D eigenvalue weighted by Crippen LogP contribution is -2.34. The van der Waals surface area contributed by atoms with E-state index in [2.05, 4.69) is 66.7 Å². The Bertz CT molecular complexity index is 872. The van der Waals surface area contributed by atoms with E-state index in [1.807, 2.05) is 19.9 Å². The van der Waals surface area contributed by atoms with Crippen LogP contribution in [0.2, 0.25) is 0 Å². The molecule has 1 aromatic carbocycles. The third kappa shape index (κ3) is 5.29. The van der Waals surface area contributed by atoms with Gasteiger partial charge in [-0.15, -0.1) is 0 Å². The Balaban J connectivity index is 2.52. The van der Waals surface area contributed by atoms with Crippen LogP contribution in [0.15, 0.2) is 41.5 Å². The summed E-state index contributed by atoms with van der Waals surface area (Å²) in [7, 11) is 0. The average molecular weight is 395 g/mol. The van der Waals surface area contributed by atoms with Crippen LogP contribution in [0.3, 0.4) is 0 Å². The summed E-state index contributed by atoms with van der Waals surface area (Å²) in [5.74, 6) is -0.289. The predicted molar refractivity (Wildman–Crippen MR) is 124 cm³/mol. The minimum Gasteiger partial charge on any atom is -0.463 e. The van der Waals surface area contributed by atoms with E-state index in [0.29, 0.717) is 6.61 Å². The Morgan fingerprint density at radius 3 is 2.07 bits per heavy atom. The van der Waals surface area contributed by atoms with Gasteiger partial charge in [-0.25, -0.2) is 4.79 Å². The molecule has 0 saturated carbocycles. The van der Waals surface area contributed by atoms with Crippen molar-refractivity contribution in [2.75, 3.05) is 6.61 Å². The van der Waals surface area contributed by atoms with Crippen LogP contribution in [0, 0.1) is 6.92 Å². The van der Waals surface area contributed by atoms with Crippen LogP contribution < -0.4 is 0 Å². The van der Waals surface area contributed by atoms with Gasteiger partial charge in [0, 0.05) is 6.08 Å². The maximum atomic E-state index is 11.7. The third-order valence-corrected chi connectivity index (χ3v) is 6.17. The third-order valence-electron chi connectivity index (χ3n) is 6.17. The van der Waals surface area contributed by atoms with E-state index >= 15 is 0 Å². The van der Waals surface area contributed by atoms with Crippen molar-refractivity contribution >= 4 is 11.5 Å². The molecule has 0 N–H and O–H groups in total. The second kappa shape index (κ2) is 8.73. The average Bonchev–Trinajstić information content (AvgIpc) is 2.60. The summed E-state index contributed by atoms with van der Waals surface area (Å²) in [4.78, 5) is 11.7. The summed E-state index contributed by atoms with van der Waals surface area (Å²) in [6.07, 6.45) is 8.12. The number of hydrogen-bond acceptors (Lipinski definition) is 2. The monoisotopic (exact) mass is 394 g/mol. The summed E-state index contributed by atoms with van der Waals surface area (Å²) in [5.41, 5.74) is 9.33. The largest absolute Gasteiger partial charge is 0.463 e. The fraction of sp³-hybridized carbons (Fsp3) is 0.519. The minimum absolute atomic E-state index is 0.184. The second-order valence-corrected chi connectivity index (χ2v) is 9.87. The molecule has 2 rings (SSSR count). The molecule has 0 aliphatic heterocycles. The van der Waals surface area contributed by atoms with Gasteiger partial charge in [0.2, 0.25) is 0 Å². The van der Waals surface area contributed by atoms with Gasteiger partial charge < -0.3 is 4.74 Å². The van der Waals surface area contributed by atoms with Gasteiger partial charge in [0.25, 0.3) is 0 Å². The highest BCUT2D eigenvalue weighted by atomic mass is 16.5. The van der Waals surface area contributed by atoms with Crippen molar-refractivity contribution < 1.29 is 9.53 Å². The molecule has 158 valence electrons. The number of fused-ring (bicyclic) bond motifs is 1. The van der Waals surface area contributed by atoms with Gasteiger partial charge in [-0.1, -0.05) is 57.6 Å². The van der Waals surface area contributed by atoms with E-state index in [1.165, 1.54) is 46.2 Å². The molecule has 0 radical (unpaired) electrons. The van der Waals surface area contributed by atoms with E-state index in [-0.39, 0.29) is 16.8 Å². The lowest BCUT2D eigenvalue weighted by atomic mass is 9.62. The molecule has 29 heavy (non-hydrogen) atoms. The van der Waals surface area contributed by atoms with Crippen molar-refractivity contribution in [1.82, 2.24) is 0 Å². The van der Waals surface area contributed by atoms with Crippen molar-refractivity contribution in [2.24, 2.45) is 0 Å². The molecule has 1 aliphatic rings. The molecule has 2 heteroatoms. The maximum absolute atomic E-state index is 11.7. The van der Waals surface area contributed by atoms with Gasteiger partial charge in [-0.05, 0) is 91.7 Å². The van der Waals surface area contributed by atoms with Crippen molar-refractivity contribution in [3.8, 4) is 0 Å². The van der Waals surface area contributed by atoms with Crippen molar-refractivity contribution in [3.63, 3.8) is 0 Å². The van der Waals surface area contributed by atoms with Gasteiger partial charge in [-0.2, -0.15) is 0 Å². The number of hydrogen-bond donors (Lipinski definition) is 0. The SMILES string of the molecule is CCOC(=O)/C=C(C)/C=C/C(=C(C)C)c1cc2c(cc1C)C(C)(C)CCC2(C)C. The summed E-state index contributed by atoms with van der Waals surface area (Å²) in [6.45, 7) is 20.1. The second-order valence-electron chi connectivity index (χ2n) is 9.87. The van der Waals surface area contributed by atoms with E-state index in [0.717, 1.165) is 5.57 Å². The maximum Gasteiger partial charge on any atom is 0.330 e. The molecular weight excluding hydrogens is 356 g/mol. The number of allylic oxidation sites excluding steroid dienone is 5. The van der Waals surface area contributed by atoms with Crippen LogP contribution in [0.5, 0.6) is 0 Å². The van der Waals surface area contributed by atoms with Crippen LogP contribution >= 0.6 is 0 Å². The molecule has 0 heterocycles. The van der Waals surface area contributed by atoms with Gasteiger partial charge in [-0.3, -0.25) is 0 Å². The van der Waals surface area contributed by atoms with Crippen molar-refractivity contribution in [2.45, 2.75) is 86.0 Å². The first-order valence-electron chi connectivity index (χ1n) is 10.8. The molecule has 1 aliphatic carbocycles. The molecule has 0 bridgehead atoms. The minimum atomic E-state index is -0.289. The summed E-state index contributed by atoms with van der Waals surface area (Å²) in [5, 5.41) is 0. The molecule has 2 nitrogen and oxygen atoms in total. The van der Waals surface area contributed by atoms with Crippen LogP contribution in [0.1, 0.15) is 90.5 Å². The number of rotatable bonds is 5. The van der Waals surface area contributed by atoms with Crippen molar-refractivity contribution in [1.29, 1.82) is 0 Å². The zero-order valence-electron chi connectivity index (χ0n) is 19.8. The number of carbonyl (C=O) groups excluding carboxylic acids is 1. The fourth-order valence-corrected chi connectivity index (χ4v) is 4.17. The van der Waals surface area contributed by atoms with Crippen LogP contribution in [0.4, 0.5) is 0 Å². The van der Waals surface area contributed by atoms with Crippen LogP contribution in [-0.4, -0.2) is 12.6 Å². The number of esters is 1. The standard InChI is InChI=1S/C27H38O2/c1-10-29-25(28)15-19(4)11-12-21(18(2)3)22-17-24-23(16-20(22)5)26(6,7)13-14-27(24,8)9/h11-12,15-17H,10,13-14H2,1-9H3/b12-11+,19-15+. The lowest BCUT2D eigenvalue weighted by molar-refractivity contribution is -0.137. The molecule has 0 aromatic heterocycles. The van der Waals surface area contributed by atoms with E-state index < -0.39 is 0 Å². The van der Waals surface area contributed by atoms with Gasteiger partial charge >= 0.3 is 5.97 Å². The molecule has 0 unspecified atom stereocenters. The van der Waals surface area contributed by atoms with Crippen molar-refractivity contribution in [3.05, 3.63) is 63.8 Å². The topological polar surface area (TPSA) is 26.3 Å². The Hall–Kier alpha value is -2.09. The quantitative estimate of drug-likeness (QED) is 0.300. The Morgan fingerprint density at radius 2 is 1.55 bits per heavy atom. The number of aryl methyl sites for hydroxylation is 1. The lowest BCUT2D eigenvalue weighted by Gasteiger charge is -2.42. The van der Waals surface area contributed by atoms with E-state index in [9.17, 15) is 4.79 Å². The number of carbonyl (C=O) groups is 1. The summed E-state index contributed by atoms with van der Waals surface area (Å²) < 4.78 is 5.01. The number of ether oxygens (including phenoxy) is 1. The highest BCUT2D eigenvalue weighted by molar-refractivity contribution is 5.84. The van der Waals surface area contributed by atoms with Gasteiger partial charge in [0.05, 0.1) is 6.61 Å². The first-order valence-corrected chi connectivity index (χ1v) is 10.8.